The number of hydrogen-bond acceptors (Lipinski definition) is 3. The van der Waals surface area contributed by atoms with Crippen LogP contribution in [-0.2, 0) is 9.59 Å². The van der Waals surface area contributed by atoms with E-state index in [1.54, 1.807) is 42.5 Å². The van der Waals surface area contributed by atoms with Gasteiger partial charge in [-0.1, -0.05) is 68.7 Å². The molecule has 1 N–H and O–H groups in total. The van der Waals surface area contributed by atoms with E-state index in [0.29, 0.717) is 17.7 Å². The van der Waals surface area contributed by atoms with Crippen LogP contribution in [0.3, 0.4) is 0 Å². The van der Waals surface area contributed by atoms with E-state index in [9.17, 15) is 19.1 Å². The zero-order valence-corrected chi connectivity index (χ0v) is 15.9. The third kappa shape index (κ3) is 3.98. The second-order valence-electron chi connectivity index (χ2n) is 6.97. The first kappa shape index (κ1) is 19.8. The number of rotatable bonds is 7. The van der Waals surface area contributed by atoms with Crippen molar-refractivity contribution in [1.29, 1.82) is 0 Å². The summed E-state index contributed by atoms with van der Waals surface area (Å²) in [5.74, 6) is -2.06. The minimum Gasteiger partial charge on any atom is -0.507 e. The molecule has 1 saturated heterocycles. The van der Waals surface area contributed by atoms with Gasteiger partial charge in [-0.25, -0.2) is 4.39 Å². The molecular formula is C23H24FNO3. The van der Waals surface area contributed by atoms with Gasteiger partial charge in [-0.2, -0.15) is 0 Å². The van der Waals surface area contributed by atoms with Gasteiger partial charge < -0.3 is 10.0 Å². The van der Waals surface area contributed by atoms with Crippen molar-refractivity contribution in [3.63, 3.8) is 0 Å². The highest BCUT2D eigenvalue weighted by molar-refractivity contribution is 6.46. The van der Waals surface area contributed by atoms with Crippen molar-refractivity contribution in [2.75, 3.05) is 6.54 Å². The summed E-state index contributed by atoms with van der Waals surface area (Å²) in [6, 6.07) is 13.7. The summed E-state index contributed by atoms with van der Waals surface area (Å²) in [6.45, 7) is 2.48. The van der Waals surface area contributed by atoms with Gasteiger partial charge >= 0.3 is 0 Å². The number of likely N-dealkylation sites (tertiary alicyclic amines) is 1. The SMILES string of the molecule is CCCCCCN1C(=O)C(=O)C(=C(O)c2ccccc2)[C@H]1c1cccc(F)c1. The summed E-state index contributed by atoms with van der Waals surface area (Å²) in [4.78, 5) is 27.0. The molecule has 1 aliphatic heterocycles. The molecule has 0 unspecified atom stereocenters. The fourth-order valence-electron chi connectivity index (χ4n) is 3.59. The molecule has 0 aromatic heterocycles. The number of unbranched alkanes of at least 4 members (excludes halogenated alkanes) is 3. The largest absolute Gasteiger partial charge is 0.507 e. The highest BCUT2D eigenvalue weighted by Crippen LogP contribution is 2.39. The predicted molar refractivity (Wildman–Crippen MR) is 106 cm³/mol. The number of carbonyl (C=O) groups is 2. The Labute approximate surface area is 164 Å². The summed E-state index contributed by atoms with van der Waals surface area (Å²) >= 11 is 0. The Morgan fingerprint density at radius 2 is 1.79 bits per heavy atom. The van der Waals surface area contributed by atoms with Crippen LogP contribution >= 0.6 is 0 Å². The molecule has 1 fully saturated rings. The summed E-state index contributed by atoms with van der Waals surface area (Å²) in [7, 11) is 0. The first-order valence-corrected chi connectivity index (χ1v) is 9.64. The molecule has 5 heteroatoms. The van der Waals surface area contributed by atoms with Crippen LogP contribution in [-0.4, -0.2) is 28.2 Å². The van der Waals surface area contributed by atoms with Crippen molar-refractivity contribution in [1.82, 2.24) is 4.90 Å². The van der Waals surface area contributed by atoms with E-state index in [2.05, 4.69) is 6.92 Å². The second kappa shape index (κ2) is 8.83. The van der Waals surface area contributed by atoms with E-state index in [1.165, 1.54) is 17.0 Å². The van der Waals surface area contributed by atoms with Crippen molar-refractivity contribution in [2.24, 2.45) is 0 Å². The van der Waals surface area contributed by atoms with Gasteiger partial charge in [0.15, 0.2) is 0 Å². The van der Waals surface area contributed by atoms with E-state index in [1.807, 2.05) is 0 Å². The van der Waals surface area contributed by atoms with Gasteiger partial charge in [-0.3, -0.25) is 9.59 Å². The number of aliphatic hydroxyl groups is 1. The normalized spacial score (nSPS) is 18.6. The topological polar surface area (TPSA) is 57.6 Å². The van der Waals surface area contributed by atoms with Gasteiger partial charge in [-0.05, 0) is 24.1 Å². The third-order valence-electron chi connectivity index (χ3n) is 5.00. The fourth-order valence-corrected chi connectivity index (χ4v) is 3.59. The van der Waals surface area contributed by atoms with E-state index >= 15 is 0 Å². The molecule has 0 bridgehead atoms. The maximum atomic E-state index is 13.9. The van der Waals surface area contributed by atoms with Crippen LogP contribution in [0.25, 0.3) is 5.76 Å². The van der Waals surface area contributed by atoms with E-state index in [0.717, 1.165) is 25.7 Å². The van der Waals surface area contributed by atoms with Crippen molar-refractivity contribution >= 4 is 17.4 Å². The molecule has 1 amide bonds. The number of aliphatic hydroxyl groups excluding tert-OH is 1. The molecule has 2 aromatic rings. The molecule has 2 aromatic carbocycles. The average Bonchev–Trinajstić information content (AvgIpc) is 2.96. The van der Waals surface area contributed by atoms with Gasteiger partial charge in [0, 0.05) is 12.1 Å². The van der Waals surface area contributed by atoms with E-state index in [4.69, 9.17) is 0 Å². The first-order chi connectivity index (χ1) is 13.5. The van der Waals surface area contributed by atoms with Gasteiger partial charge in [0.25, 0.3) is 11.7 Å². The Bertz CT molecular complexity index is 892. The lowest BCUT2D eigenvalue weighted by atomic mass is 9.95. The molecular weight excluding hydrogens is 357 g/mol. The molecule has 1 atom stereocenters. The minimum atomic E-state index is -0.794. The third-order valence-corrected chi connectivity index (χ3v) is 5.00. The lowest BCUT2D eigenvalue weighted by Gasteiger charge is -2.25. The number of Topliss-reactive ketones (excluding diaryl/α,β-unsaturated/α-hetero) is 1. The van der Waals surface area contributed by atoms with Crippen molar-refractivity contribution in [2.45, 2.75) is 38.6 Å². The summed E-state index contributed by atoms with van der Waals surface area (Å²) in [5, 5.41) is 10.8. The number of carbonyl (C=O) groups excluding carboxylic acids is 2. The second-order valence-corrected chi connectivity index (χ2v) is 6.97. The standard InChI is InChI=1S/C23H24FNO3/c1-2-3-4-8-14-25-20(17-12-9-13-18(24)15-17)19(22(27)23(25)28)21(26)16-10-6-5-7-11-16/h5-7,9-13,15,20,26H,2-4,8,14H2,1H3/t20-/m1/s1. The van der Waals surface area contributed by atoms with Crippen LogP contribution in [0.4, 0.5) is 4.39 Å². The highest BCUT2D eigenvalue weighted by atomic mass is 19.1. The van der Waals surface area contributed by atoms with Crippen molar-refractivity contribution in [3.05, 3.63) is 77.1 Å². The molecule has 0 spiro atoms. The number of nitrogens with zero attached hydrogens (tertiary/aromatic N) is 1. The van der Waals surface area contributed by atoms with Crippen LogP contribution in [0.5, 0.6) is 0 Å². The zero-order chi connectivity index (χ0) is 20.1. The highest BCUT2D eigenvalue weighted by Gasteiger charge is 2.45. The Hall–Kier alpha value is -2.95. The van der Waals surface area contributed by atoms with Gasteiger partial charge in [0.05, 0.1) is 11.6 Å². The minimum absolute atomic E-state index is 0.0114. The summed E-state index contributed by atoms with van der Waals surface area (Å²) in [5.41, 5.74) is 0.942. The van der Waals surface area contributed by atoms with Gasteiger partial charge in [-0.15, -0.1) is 0 Å². The number of hydrogen-bond donors (Lipinski definition) is 1. The number of benzene rings is 2. The van der Waals surface area contributed by atoms with Crippen molar-refractivity contribution < 1.29 is 19.1 Å². The van der Waals surface area contributed by atoms with Crippen LogP contribution in [0.1, 0.15) is 49.8 Å². The number of ketones is 1. The average molecular weight is 381 g/mol. The molecule has 0 radical (unpaired) electrons. The lowest BCUT2D eigenvalue weighted by Crippen LogP contribution is -2.30. The molecule has 28 heavy (non-hydrogen) atoms. The number of amides is 1. The maximum Gasteiger partial charge on any atom is 0.295 e. The molecule has 0 saturated carbocycles. The molecule has 4 nitrogen and oxygen atoms in total. The molecule has 146 valence electrons. The smallest absolute Gasteiger partial charge is 0.295 e. The van der Waals surface area contributed by atoms with Crippen molar-refractivity contribution in [3.8, 4) is 0 Å². The lowest BCUT2D eigenvalue weighted by molar-refractivity contribution is -0.139. The van der Waals surface area contributed by atoms with Crippen LogP contribution in [0.15, 0.2) is 60.2 Å². The van der Waals surface area contributed by atoms with Gasteiger partial charge in [0.2, 0.25) is 0 Å². The Kier molecular flexibility index (Phi) is 6.24. The first-order valence-electron chi connectivity index (χ1n) is 9.64. The Balaban J connectivity index is 2.06. The van der Waals surface area contributed by atoms with E-state index < -0.39 is 23.5 Å². The Morgan fingerprint density at radius 1 is 1.04 bits per heavy atom. The van der Waals surface area contributed by atoms with Crippen LogP contribution in [0, 0.1) is 5.82 Å². The predicted octanol–water partition coefficient (Wildman–Crippen LogP) is 4.83. The maximum absolute atomic E-state index is 13.9. The number of halogens is 1. The molecule has 3 rings (SSSR count). The molecule has 1 aliphatic rings. The monoisotopic (exact) mass is 381 g/mol. The zero-order valence-electron chi connectivity index (χ0n) is 15.9. The van der Waals surface area contributed by atoms with E-state index in [-0.39, 0.29) is 11.3 Å². The Morgan fingerprint density at radius 3 is 2.46 bits per heavy atom. The summed E-state index contributed by atoms with van der Waals surface area (Å²) < 4.78 is 13.9. The fraction of sp³-hybridized carbons (Fsp3) is 0.304. The van der Waals surface area contributed by atoms with Crippen LogP contribution < -0.4 is 0 Å². The molecule has 1 heterocycles. The summed E-state index contributed by atoms with van der Waals surface area (Å²) in [6.07, 6.45) is 3.78. The van der Waals surface area contributed by atoms with Crippen LogP contribution in [0.2, 0.25) is 0 Å². The van der Waals surface area contributed by atoms with Gasteiger partial charge in [0.1, 0.15) is 11.6 Å². The quantitative estimate of drug-likeness (QED) is 0.323. The molecule has 0 aliphatic carbocycles.